The summed E-state index contributed by atoms with van der Waals surface area (Å²) in [5, 5.41) is 7.22. The molecule has 0 aliphatic rings. The van der Waals surface area contributed by atoms with E-state index in [-0.39, 0.29) is 0 Å². The standard InChI is InChI=1S/C60H37NOS2/c1-5-16-38(17-6-1)42-28-30-49-55(36-42)64-60-46(41-22-11-4-12-23-41)33-34-51(57(49)60)61(52-26-15-25-48-47-24-13-14-27-54(47)63-59(48)52)43-29-35-53-50(37-43)56-44(39-18-7-2-8-19-39)31-32-45(58(56)62-53)40-20-9-3-10-21-40/h1-37H. The number of nitrogens with zero attached hydrogens (tertiary/aromatic N) is 1. The molecular weight excluding hydrogens is 815 g/mol. The number of rotatable bonds is 7. The zero-order valence-electron chi connectivity index (χ0n) is 34.5. The van der Waals surface area contributed by atoms with E-state index in [4.69, 9.17) is 4.42 Å². The van der Waals surface area contributed by atoms with Crippen molar-refractivity contribution in [1.29, 1.82) is 0 Å². The molecule has 3 heterocycles. The predicted molar refractivity (Wildman–Crippen MR) is 276 cm³/mol. The number of furan rings is 1. The van der Waals surface area contributed by atoms with Crippen LogP contribution in [0.25, 0.3) is 107 Å². The molecule has 0 spiro atoms. The van der Waals surface area contributed by atoms with Gasteiger partial charge in [0.2, 0.25) is 0 Å². The molecule has 2 nitrogen and oxygen atoms in total. The number of anilines is 3. The van der Waals surface area contributed by atoms with Gasteiger partial charge in [-0.15, -0.1) is 22.7 Å². The van der Waals surface area contributed by atoms with E-state index < -0.39 is 0 Å². The van der Waals surface area contributed by atoms with Crippen molar-refractivity contribution in [3.8, 4) is 44.5 Å². The van der Waals surface area contributed by atoms with E-state index >= 15 is 0 Å². The molecule has 0 atom stereocenters. The molecule has 0 aliphatic carbocycles. The summed E-state index contributed by atoms with van der Waals surface area (Å²) in [6.07, 6.45) is 0. The molecule has 0 amide bonds. The number of thiophene rings is 2. The fourth-order valence-electron chi connectivity index (χ4n) is 9.73. The molecule has 0 saturated carbocycles. The van der Waals surface area contributed by atoms with Gasteiger partial charge in [0.1, 0.15) is 11.2 Å². The summed E-state index contributed by atoms with van der Waals surface area (Å²) < 4.78 is 12.0. The Bertz CT molecular complexity index is 3890. The highest BCUT2D eigenvalue weighted by atomic mass is 32.1. The van der Waals surface area contributed by atoms with Crippen molar-refractivity contribution in [2.45, 2.75) is 0 Å². The smallest absolute Gasteiger partial charge is 0.143 e. The highest BCUT2D eigenvalue weighted by Crippen LogP contribution is 2.52. The van der Waals surface area contributed by atoms with Crippen molar-refractivity contribution in [2.75, 3.05) is 4.90 Å². The van der Waals surface area contributed by atoms with Gasteiger partial charge in [0.05, 0.1) is 16.1 Å². The van der Waals surface area contributed by atoms with Gasteiger partial charge in [0, 0.05) is 57.7 Å². The maximum Gasteiger partial charge on any atom is 0.143 e. The molecule has 13 aromatic rings. The Labute approximate surface area is 378 Å². The topological polar surface area (TPSA) is 16.4 Å². The van der Waals surface area contributed by atoms with Gasteiger partial charge < -0.3 is 9.32 Å². The highest BCUT2D eigenvalue weighted by molar-refractivity contribution is 7.27. The van der Waals surface area contributed by atoms with Gasteiger partial charge in [-0.1, -0.05) is 176 Å². The van der Waals surface area contributed by atoms with E-state index in [9.17, 15) is 0 Å². The Morgan fingerprint density at radius 1 is 0.328 bits per heavy atom. The van der Waals surface area contributed by atoms with Crippen molar-refractivity contribution >= 4 is 102 Å². The molecule has 0 saturated heterocycles. The van der Waals surface area contributed by atoms with Crippen molar-refractivity contribution in [2.24, 2.45) is 0 Å². The lowest BCUT2D eigenvalue weighted by Crippen LogP contribution is -2.10. The molecule has 13 rings (SSSR count). The summed E-state index contributed by atoms with van der Waals surface area (Å²) in [6.45, 7) is 0. The second-order valence-electron chi connectivity index (χ2n) is 16.3. The Balaban J connectivity index is 1.13. The molecule has 0 N–H and O–H groups in total. The Hall–Kier alpha value is -7.76. The lowest BCUT2D eigenvalue weighted by molar-refractivity contribution is 0.670. The second-order valence-corrected chi connectivity index (χ2v) is 18.5. The third-order valence-corrected chi connectivity index (χ3v) is 15.1. The molecule has 3 aromatic heterocycles. The molecular formula is C60H37NOS2. The maximum absolute atomic E-state index is 6.97. The normalized spacial score (nSPS) is 11.8. The zero-order valence-corrected chi connectivity index (χ0v) is 36.2. The van der Waals surface area contributed by atoms with Gasteiger partial charge in [-0.05, 0) is 87.5 Å². The van der Waals surface area contributed by atoms with Crippen LogP contribution < -0.4 is 4.90 Å². The van der Waals surface area contributed by atoms with Crippen LogP contribution in [0.1, 0.15) is 0 Å². The molecule has 64 heavy (non-hydrogen) atoms. The van der Waals surface area contributed by atoms with Crippen LogP contribution in [-0.4, -0.2) is 0 Å². The van der Waals surface area contributed by atoms with Gasteiger partial charge in [-0.3, -0.25) is 0 Å². The Kier molecular flexibility index (Phi) is 8.61. The molecule has 0 radical (unpaired) electrons. The summed E-state index contributed by atoms with van der Waals surface area (Å²) in [5.74, 6) is 0. The molecule has 0 unspecified atom stereocenters. The van der Waals surface area contributed by atoms with Gasteiger partial charge in [0.15, 0.2) is 0 Å². The van der Waals surface area contributed by atoms with Crippen LogP contribution in [0, 0.1) is 0 Å². The van der Waals surface area contributed by atoms with E-state index in [0.29, 0.717) is 0 Å². The van der Waals surface area contributed by atoms with Crippen LogP contribution >= 0.6 is 22.7 Å². The Morgan fingerprint density at radius 2 is 0.938 bits per heavy atom. The minimum atomic E-state index is 0.860. The number of benzene rings is 10. The van der Waals surface area contributed by atoms with E-state index in [1.165, 1.54) is 62.6 Å². The SMILES string of the molecule is c1ccc(-c2ccc3c(c2)sc2c(-c4ccccc4)ccc(N(c4ccc5oc6c(-c7ccccc7)ccc(-c7ccccc7)c6c5c4)c4cccc5c4sc4ccccc45)c23)cc1. The average Bonchev–Trinajstić information content (AvgIpc) is 4.07. The first-order valence-electron chi connectivity index (χ1n) is 21.7. The Morgan fingerprint density at radius 3 is 1.69 bits per heavy atom. The van der Waals surface area contributed by atoms with Crippen LogP contribution in [0.2, 0.25) is 0 Å². The first-order chi connectivity index (χ1) is 31.7. The van der Waals surface area contributed by atoms with Crippen molar-refractivity contribution in [3.05, 3.63) is 224 Å². The molecule has 0 fully saturated rings. The quantitative estimate of drug-likeness (QED) is 0.159. The third kappa shape index (κ3) is 5.91. The van der Waals surface area contributed by atoms with Crippen LogP contribution in [0.5, 0.6) is 0 Å². The third-order valence-electron chi connectivity index (χ3n) is 12.7. The summed E-state index contributed by atoms with van der Waals surface area (Å²) >= 11 is 3.75. The fourth-order valence-corrected chi connectivity index (χ4v) is 12.2. The second kappa shape index (κ2) is 15.0. The van der Waals surface area contributed by atoms with Crippen LogP contribution in [0.15, 0.2) is 229 Å². The predicted octanol–water partition coefficient (Wildman–Crippen LogP) is 18.5. The van der Waals surface area contributed by atoms with E-state index in [2.05, 4.69) is 229 Å². The first-order valence-corrected chi connectivity index (χ1v) is 23.3. The minimum absolute atomic E-state index is 0.860. The fraction of sp³-hybridized carbons (Fsp3) is 0. The maximum atomic E-state index is 6.97. The van der Waals surface area contributed by atoms with Gasteiger partial charge in [0.25, 0.3) is 0 Å². The van der Waals surface area contributed by atoms with Crippen molar-refractivity contribution < 1.29 is 4.42 Å². The van der Waals surface area contributed by atoms with Gasteiger partial charge in [-0.2, -0.15) is 0 Å². The van der Waals surface area contributed by atoms with E-state index in [0.717, 1.165) is 61.3 Å². The van der Waals surface area contributed by atoms with Crippen molar-refractivity contribution in [3.63, 3.8) is 0 Å². The molecule has 4 heteroatoms. The average molecular weight is 852 g/mol. The largest absolute Gasteiger partial charge is 0.455 e. The lowest BCUT2D eigenvalue weighted by atomic mass is 9.94. The van der Waals surface area contributed by atoms with Crippen LogP contribution in [0.3, 0.4) is 0 Å². The number of hydrogen-bond donors (Lipinski definition) is 0. The lowest BCUT2D eigenvalue weighted by Gasteiger charge is -2.27. The van der Waals surface area contributed by atoms with E-state index in [1.807, 2.05) is 22.7 Å². The van der Waals surface area contributed by atoms with Crippen LogP contribution in [0.4, 0.5) is 17.1 Å². The van der Waals surface area contributed by atoms with Gasteiger partial charge >= 0.3 is 0 Å². The summed E-state index contributed by atoms with van der Waals surface area (Å²) in [4.78, 5) is 2.52. The highest BCUT2D eigenvalue weighted by Gasteiger charge is 2.25. The monoisotopic (exact) mass is 851 g/mol. The molecule has 300 valence electrons. The first kappa shape index (κ1) is 36.9. The number of fused-ring (bicyclic) bond motifs is 9. The van der Waals surface area contributed by atoms with Crippen molar-refractivity contribution in [1.82, 2.24) is 0 Å². The number of hydrogen-bond acceptors (Lipinski definition) is 4. The minimum Gasteiger partial charge on any atom is -0.455 e. The summed E-state index contributed by atoms with van der Waals surface area (Å²) in [7, 11) is 0. The molecule has 0 aliphatic heterocycles. The van der Waals surface area contributed by atoms with Crippen LogP contribution in [-0.2, 0) is 0 Å². The zero-order chi connectivity index (χ0) is 42.1. The summed E-state index contributed by atoms with van der Waals surface area (Å²) in [5.41, 5.74) is 14.5. The van der Waals surface area contributed by atoms with E-state index in [1.54, 1.807) is 0 Å². The van der Waals surface area contributed by atoms with Gasteiger partial charge in [-0.25, -0.2) is 0 Å². The molecule has 10 aromatic carbocycles. The summed E-state index contributed by atoms with van der Waals surface area (Å²) in [6, 6.07) is 81.5. The molecule has 0 bridgehead atoms.